The van der Waals surface area contributed by atoms with Gasteiger partial charge in [0.15, 0.2) is 0 Å². The second kappa shape index (κ2) is 5.51. The normalized spacial score (nSPS) is 12.5. The lowest BCUT2D eigenvalue weighted by Crippen LogP contribution is -2.47. The van der Waals surface area contributed by atoms with Crippen LogP contribution in [0.25, 0.3) is 0 Å². The number of nitrogens with two attached hydrogens (primary N) is 1. The van der Waals surface area contributed by atoms with Crippen LogP contribution in [0.4, 0.5) is 0 Å². The molecule has 74 valence electrons. The minimum Gasteiger partial charge on any atom is -0.396 e. The molecule has 0 saturated heterocycles. The summed E-state index contributed by atoms with van der Waals surface area (Å²) < 4.78 is 0. The minimum absolute atomic E-state index is 0.0788. The first-order valence-electron chi connectivity index (χ1n) is 4.57. The van der Waals surface area contributed by atoms with Crippen molar-refractivity contribution in [1.29, 1.82) is 0 Å². The highest BCUT2D eigenvalue weighted by Gasteiger charge is 2.20. The van der Waals surface area contributed by atoms with Crippen molar-refractivity contribution in [3.8, 4) is 0 Å². The molecule has 0 aliphatic rings. The highest BCUT2D eigenvalue weighted by atomic mass is 16.2. The number of nitrogens with zero attached hydrogens (tertiary/aromatic N) is 1. The van der Waals surface area contributed by atoms with Gasteiger partial charge in [-0.2, -0.15) is 0 Å². The van der Waals surface area contributed by atoms with Crippen molar-refractivity contribution in [2.24, 2.45) is 5.73 Å². The molecule has 12 heavy (non-hydrogen) atoms. The molecule has 3 N–H and O–H groups in total. The number of unbranched alkanes of at least 4 members (excludes halogenated alkanes) is 1. The van der Waals surface area contributed by atoms with E-state index in [0.29, 0.717) is 6.54 Å². The standard InChI is InChI=1S/C9H22N2O/c1-9(2,8-10)11(3)6-4-5-7-12/h12H,4-8,10H2,1-3H3. The van der Waals surface area contributed by atoms with Crippen LogP contribution >= 0.6 is 0 Å². The molecule has 3 nitrogen and oxygen atoms in total. The predicted octanol–water partition coefficient (Wildman–Crippen LogP) is 0.428. The molecule has 0 aliphatic heterocycles. The molecule has 0 aromatic rings. The van der Waals surface area contributed by atoms with Crippen LogP contribution in [-0.2, 0) is 0 Å². The monoisotopic (exact) mass is 174 g/mol. The Morgan fingerprint density at radius 3 is 2.33 bits per heavy atom. The number of rotatable bonds is 6. The Morgan fingerprint density at radius 1 is 1.33 bits per heavy atom. The van der Waals surface area contributed by atoms with E-state index in [1.165, 1.54) is 0 Å². The molecule has 0 aromatic heterocycles. The Labute approximate surface area is 75.6 Å². The van der Waals surface area contributed by atoms with E-state index in [9.17, 15) is 0 Å². The maximum atomic E-state index is 8.60. The molecule has 0 saturated carbocycles. The van der Waals surface area contributed by atoms with Gasteiger partial charge in [-0.1, -0.05) is 0 Å². The summed E-state index contributed by atoms with van der Waals surface area (Å²) in [6, 6.07) is 0. The summed E-state index contributed by atoms with van der Waals surface area (Å²) in [5.74, 6) is 0. The Balaban J connectivity index is 3.63. The van der Waals surface area contributed by atoms with Crippen LogP contribution in [0.5, 0.6) is 0 Å². The first-order chi connectivity index (χ1) is 5.54. The molecule has 0 unspecified atom stereocenters. The van der Waals surface area contributed by atoms with Crippen molar-refractivity contribution in [3.05, 3.63) is 0 Å². The molecule has 0 atom stereocenters. The van der Waals surface area contributed by atoms with Gasteiger partial charge in [0.05, 0.1) is 0 Å². The van der Waals surface area contributed by atoms with Crippen LogP contribution in [-0.4, -0.2) is 42.3 Å². The summed E-state index contributed by atoms with van der Waals surface area (Å²) in [6.07, 6.45) is 1.92. The number of likely N-dealkylation sites (N-methyl/N-ethyl adjacent to an activating group) is 1. The summed E-state index contributed by atoms with van der Waals surface area (Å²) >= 11 is 0. The quantitative estimate of drug-likeness (QED) is 0.574. The average molecular weight is 174 g/mol. The zero-order valence-electron chi connectivity index (χ0n) is 8.51. The smallest absolute Gasteiger partial charge is 0.0431 e. The molecular weight excluding hydrogens is 152 g/mol. The fourth-order valence-corrected chi connectivity index (χ4v) is 0.919. The second-order valence-corrected chi connectivity index (χ2v) is 3.87. The van der Waals surface area contributed by atoms with E-state index >= 15 is 0 Å². The van der Waals surface area contributed by atoms with Gasteiger partial charge in [0.25, 0.3) is 0 Å². The number of hydrogen-bond acceptors (Lipinski definition) is 3. The predicted molar refractivity (Wildman–Crippen MR) is 52.1 cm³/mol. The molecule has 0 fully saturated rings. The molecule has 0 bridgehead atoms. The van der Waals surface area contributed by atoms with Gasteiger partial charge >= 0.3 is 0 Å². The Bertz CT molecular complexity index is 115. The molecular formula is C9H22N2O. The molecule has 0 radical (unpaired) electrons. The van der Waals surface area contributed by atoms with E-state index in [4.69, 9.17) is 10.8 Å². The van der Waals surface area contributed by atoms with E-state index < -0.39 is 0 Å². The lowest BCUT2D eigenvalue weighted by Gasteiger charge is -2.34. The average Bonchev–Trinajstić information content (AvgIpc) is 2.05. The fourth-order valence-electron chi connectivity index (χ4n) is 0.919. The van der Waals surface area contributed by atoms with Gasteiger partial charge in [-0.05, 0) is 40.3 Å². The Morgan fingerprint density at radius 2 is 1.92 bits per heavy atom. The topological polar surface area (TPSA) is 49.5 Å². The third-order valence-electron chi connectivity index (χ3n) is 2.43. The lowest BCUT2D eigenvalue weighted by molar-refractivity contribution is 0.156. The third-order valence-corrected chi connectivity index (χ3v) is 2.43. The van der Waals surface area contributed by atoms with Crippen molar-refractivity contribution in [3.63, 3.8) is 0 Å². The maximum Gasteiger partial charge on any atom is 0.0431 e. The Kier molecular flexibility index (Phi) is 5.46. The van der Waals surface area contributed by atoms with E-state index in [1.54, 1.807) is 0 Å². The number of aliphatic hydroxyl groups excluding tert-OH is 1. The van der Waals surface area contributed by atoms with Gasteiger partial charge in [-0.3, -0.25) is 4.90 Å². The first-order valence-corrected chi connectivity index (χ1v) is 4.57. The molecule has 0 heterocycles. The van der Waals surface area contributed by atoms with Crippen LogP contribution in [0, 0.1) is 0 Å². The van der Waals surface area contributed by atoms with Gasteiger partial charge in [-0.15, -0.1) is 0 Å². The van der Waals surface area contributed by atoms with E-state index in [2.05, 4.69) is 25.8 Å². The summed E-state index contributed by atoms with van der Waals surface area (Å²) in [5, 5.41) is 8.60. The van der Waals surface area contributed by atoms with Crippen LogP contribution in [0.1, 0.15) is 26.7 Å². The van der Waals surface area contributed by atoms with E-state index in [-0.39, 0.29) is 12.1 Å². The van der Waals surface area contributed by atoms with E-state index in [1.807, 2.05) is 0 Å². The second-order valence-electron chi connectivity index (χ2n) is 3.87. The summed E-state index contributed by atoms with van der Waals surface area (Å²) in [4.78, 5) is 2.24. The van der Waals surface area contributed by atoms with Crippen molar-refractivity contribution in [2.45, 2.75) is 32.2 Å². The van der Waals surface area contributed by atoms with Gasteiger partial charge in [-0.25, -0.2) is 0 Å². The minimum atomic E-state index is 0.0788. The van der Waals surface area contributed by atoms with Gasteiger partial charge in [0.1, 0.15) is 0 Å². The zero-order valence-corrected chi connectivity index (χ0v) is 8.51. The van der Waals surface area contributed by atoms with Crippen LogP contribution in [0.15, 0.2) is 0 Å². The summed E-state index contributed by atoms with van der Waals surface area (Å²) in [5.41, 5.74) is 5.70. The molecule has 0 rings (SSSR count). The van der Waals surface area contributed by atoms with Crippen LogP contribution in [0.2, 0.25) is 0 Å². The van der Waals surface area contributed by atoms with Gasteiger partial charge in [0.2, 0.25) is 0 Å². The van der Waals surface area contributed by atoms with Gasteiger partial charge in [0, 0.05) is 18.7 Å². The lowest BCUT2D eigenvalue weighted by atomic mass is 10.0. The summed E-state index contributed by atoms with van der Waals surface area (Å²) in [7, 11) is 2.07. The molecule has 0 aliphatic carbocycles. The van der Waals surface area contributed by atoms with Crippen molar-refractivity contribution < 1.29 is 5.11 Å². The maximum absolute atomic E-state index is 8.60. The van der Waals surface area contributed by atoms with Crippen LogP contribution in [0.3, 0.4) is 0 Å². The molecule has 3 heteroatoms. The van der Waals surface area contributed by atoms with Crippen molar-refractivity contribution >= 4 is 0 Å². The van der Waals surface area contributed by atoms with Crippen molar-refractivity contribution in [2.75, 3.05) is 26.7 Å². The third kappa shape index (κ3) is 4.04. The van der Waals surface area contributed by atoms with E-state index in [0.717, 1.165) is 19.4 Å². The largest absolute Gasteiger partial charge is 0.396 e. The zero-order chi connectivity index (χ0) is 9.61. The molecule has 0 aromatic carbocycles. The molecule has 0 spiro atoms. The highest BCUT2D eigenvalue weighted by molar-refractivity contribution is 4.79. The SMILES string of the molecule is CN(CCCCO)C(C)(C)CN. The van der Waals surface area contributed by atoms with Crippen molar-refractivity contribution in [1.82, 2.24) is 4.90 Å². The fraction of sp³-hybridized carbons (Fsp3) is 1.00. The first kappa shape index (κ1) is 11.9. The highest BCUT2D eigenvalue weighted by Crippen LogP contribution is 2.10. The summed E-state index contributed by atoms with van der Waals surface area (Å²) in [6.45, 7) is 6.22. The number of hydrogen-bond donors (Lipinski definition) is 2. The number of aliphatic hydroxyl groups is 1. The Hall–Kier alpha value is -0.120. The van der Waals surface area contributed by atoms with Crippen LogP contribution < -0.4 is 5.73 Å². The van der Waals surface area contributed by atoms with Gasteiger partial charge < -0.3 is 10.8 Å². The molecule has 0 amide bonds.